The lowest BCUT2D eigenvalue weighted by Crippen LogP contribution is -2.41. The van der Waals surface area contributed by atoms with E-state index in [0.29, 0.717) is 6.04 Å². The van der Waals surface area contributed by atoms with Crippen molar-refractivity contribution >= 4 is 0 Å². The van der Waals surface area contributed by atoms with Crippen LogP contribution in [0.4, 0.5) is 0 Å². The monoisotopic (exact) mass is 261 g/mol. The zero-order chi connectivity index (χ0) is 13.8. The molecule has 1 aliphatic rings. The van der Waals surface area contributed by atoms with Crippen LogP contribution in [0.3, 0.4) is 0 Å². The first-order valence-electron chi connectivity index (χ1n) is 7.59. The maximum Gasteiger partial charge on any atom is 0.0942 e. The van der Waals surface area contributed by atoms with Crippen LogP contribution in [0, 0.1) is 13.8 Å². The Balaban J connectivity index is 1.99. The van der Waals surface area contributed by atoms with Crippen LogP contribution in [-0.4, -0.2) is 17.2 Å². The minimum atomic E-state index is -0.414. The summed E-state index contributed by atoms with van der Waals surface area (Å²) in [5, 5.41) is 14.1. The summed E-state index contributed by atoms with van der Waals surface area (Å²) in [6.45, 7) is 6.27. The SMILES string of the molecule is Cc1ccc(C(O)C(C)NC2CCCCC2)c(C)c1. The van der Waals surface area contributed by atoms with Gasteiger partial charge in [0.1, 0.15) is 0 Å². The number of aryl methyl sites for hydroxylation is 2. The summed E-state index contributed by atoms with van der Waals surface area (Å²) < 4.78 is 0. The number of nitrogens with one attached hydrogen (secondary N) is 1. The highest BCUT2D eigenvalue weighted by atomic mass is 16.3. The molecule has 0 amide bonds. The van der Waals surface area contributed by atoms with Crippen LogP contribution in [0.5, 0.6) is 0 Å². The van der Waals surface area contributed by atoms with E-state index in [4.69, 9.17) is 0 Å². The van der Waals surface area contributed by atoms with Crippen molar-refractivity contribution in [3.05, 3.63) is 34.9 Å². The maximum atomic E-state index is 10.5. The number of aliphatic hydroxyl groups is 1. The van der Waals surface area contributed by atoms with Gasteiger partial charge in [-0.3, -0.25) is 0 Å². The average molecular weight is 261 g/mol. The van der Waals surface area contributed by atoms with Crippen LogP contribution in [0.2, 0.25) is 0 Å². The Morgan fingerprint density at radius 1 is 1.16 bits per heavy atom. The number of benzene rings is 1. The summed E-state index contributed by atoms with van der Waals surface area (Å²) in [6, 6.07) is 6.99. The van der Waals surface area contributed by atoms with Gasteiger partial charge in [-0.15, -0.1) is 0 Å². The third kappa shape index (κ3) is 3.80. The first kappa shape index (κ1) is 14.5. The molecule has 0 aliphatic heterocycles. The number of hydrogen-bond acceptors (Lipinski definition) is 2. The topological polar surface area (TPSA) is 32.3 Å². The number of aliphatic hydroxyl groups excluding tert-OH is 1. The first-order chi connectivity index (χ1) is 9.08. The zero-order valence-corrected chi connectivity index (χ0v) is 12.4. The molecule has 2 N–H and O–H groups in total. The molecule has 19 heavy (non-hydrogen) atoms. The van der Waals surface area contributed by atoms with E-state index in [1.165, 1.54) is 43.2 Å². The summed E-state index contributed by atoms with van der Waals surface area (Å²) >= 11 is 0. The third-order valence-corrected chi connectivity index (χ3v) is 4.32. The van der Waals surface area contributed by atoms with E-state index < -0.39 is 6.10 Å². The quantitative estimate of drug-likeness (QED) is 0.867. The molecule has 0 radical (unpaired) electrons. The molecular formula is C17H27NO. The number of hydrogen-bond donors (Lipinski definition) is 2. The second-order valence-electron chi connectivity index (χ2n) is 6.10. The summed E-state index contributed by atoms with van der Waals surface area (Å²) in [4.78, 5) is 0. The van der Waals surface area contributed by atoms with Crippen LogP contribution in [-0.2, 0) is 0 Å². The van der Waals surface area contributed by atoms with Gasteiger partial charge in [0.25, 0.3) is 0 Å². The molecule has 0 saturated heterocycles. The number of rotatable bonds is 4. The van der Waals surface area contributed by atoms with Gasteiger partial charge in [-0.1, -0.05) is 43.0 Å². The van der Waals surface area contributed by atoms with Gasteiger partial charge in [-0.25, -0.2) is 0 Å². The van der Waals surface area contributed by atoms with Crippen molar-refractivity contribution in [2.75, 3.05) is 0 Å². The summed E-state index contributed by atoms with van der Waals surface area (Å²) in [5.41, 5.74) is 3.49. The van der Waals surface area contributed by atoms with Crippen molar-refractivity contribution in [2.45, 2.75) is 71.1 Å². The molecule has 0 spiro atoms. The second-order valence-corrected chi connectivity index (χ2v) is 6.10. The van der Waals surface area contributed by atoms with Crippen molar-refractivity contribution < 1.29 is 5.11 Å². The molecule has 2 nitrogen and oxygen atoms in total. The predicted molar refractivity (Wildman–Crippen MR) is 80.3 cm³/mol. The standard InChI is InChI=1S/C17H27NO/c1-12-9-10-16(13(2)11-12)17(19)14(3)18-15-7-5-4-6-8-15/h9-11,14-15,17-19H,4-8H2,1-3H3. The van der Waals surface area contributed by atoms with Crippen molar-refractivity contribution in [3.8, 4) is 0 Å². The minimum Gasteiger partial charge on any atom is -0.387 e. The highest BCUT2D eigenvalue weighted by molar-refractivity contribution is 5.32. The summed E-state index contributed by atoms with van der Waals surface area (Å²) in [7, 11) is 0. The van der Waals surface area contributed by atoms with Crippen LogP contribution < -0.4 is 5.32 Å². The Labute approximate surface area is 117 Å². The van der Waals surface area contributed by atoms with Gasteiger partial charge in [0.2, 0.25) is 0 Å². The van der Waals surface area contributed by atoms with Crippen LogP contribution in [0.1, 0.15) is 61.8 Å². The molecule has 0 aromatic heterocycles. The smallest absolute Gasteiger partial charge is 0.0942 e. The van der Waals surface area contributed by atoms with Gasteiger partial charge in [0.05, 0.1) is 6.10 Å². The molecular weight excluding hydrogens is 234 g/mol. The van der Waals surface area contributed by atoms with E-state index >= 15 is 0 Å². The fourth-order valence-corrected chi connectivity index (χ4v) is 3.16. The van der Waals surface area contributed by atoms with E-state index in [0.717, 1.165) is 5.56 Å². The molecule has 1 aromatic carbocycles. The van der Waals surface area contributed by atoms with Crippen LogP contribution in [0.25, 0.3) is 0 Å². The minimum absolute atomic E-state index is 0.115. The molecule has 0 bridgehead atoms. The summed E-state index contributed by atoms with van der Waals surface area (Å²) in [6.07, 6.45) is 6.11. The highest BCUT2D eigenvalue weighted by Gasteiger charge is 2.22. The fourth-order valence-electron chi connectivity index (χ4n) is 3.16. The van der Waals surface area contributed by atoms with E-state index in [1.54, 1.807) is 0 Å². The second kappa shape index (κ2) is 6.53. The van der Waals surface area contributed by atoms with Gasteiger partial charge < -0.3 is 10.4 Å². The van der Waals surface area contributed by atoms with Crippen molar-refractivity contribution in [1.82, 2.24) is 5.32 Å². The van der Waals surface area contributed by atoms with Gasteiger partial charge in [-0.05, 0) is 44.7 Å². The maximum absolute atomic E-state index is 10.5. The summed E-state index contributed by atoms with van der Waals surface area (Å²) in [5.74, 6) is 0. The molecule has 0 heterocycles. The van der Waals surface area contributed by atoms with E-state index in [9.17, 15) is 5.11 Å². The molecule has 1 aliphatic carbocycles. The molecule has 1 fully saturated rings. The van der Waals surface area contributed by atoms with E-state index in [2.05, 4.69) is 44.3 Å². The molecule has 106 valence electrons. The highest BCUT2D eigenvalue weighted by Crippen LogP contribution is 2.24. The van der Waals surface area contributed by atoms with E-state index in [-0.39, 0.29) is 6.04 Å². The van der Waals surface area contributed by atoms with Gasteiger partial charge in [-0.2, -0.15) is 0 Å². The van der Waals surface area contributed by atoms with Crippen molar-refractivity contribution in [1.29, 1.82) is 0 Å². The zero-order valence-electron chi connectivity index (χ0n) is 12.4. The third-order valence-electron chi connectivity index (χ3n) is 4.32. The van der Waals surface area contributed by atoms with Crippen molar-refractivity contribution in [3.63, 3.8) is 0 Å². The molecule has 2 heteroatoms. The molecule has 2 rings (SSSR count). The molecule has 1 aromatic rings. The van der Waals surface area contributed by atoms with Gasteiger partial charge in [0.15, 0.2) is 0 Å². The predicted octanol–water partition coefficient (Wildman–Crippen LogP) is 3.65. The Kier molecular flexibility index (Phi) is 5.00. The Bertz CT molecular complexity index is 410. The molecule has 1 saturated carbocycles. The fraction of sp³-hybridized carbons (Fsp3) is 0.647. The lowest BCUT2D eigenvalue weighted by Gasteiger charge is -2.29. The largest absolute Gasteiger partial charge is 0.387 e. The first-order valence-corrected chi connectivity index (χ1v) is 7.59. The van der Waals surface area contributed by atoms with E-state index in [1.807, 2.05) is 0 Å². The Morgan fingerprint density at radius 3 is 2.47 bits per heavy atom. The van der Waals surface area contributed by atoms with Crippen LogP contribution >= 0.6 is 0 Å². The Hall–Kier alpha value is -0.860. The Morgan fingerprint density at radius 2 is 1.84 bits per heavy atom. The lowest BCUT2D eigenvalue weighted by molar-refractivity contribution is 0.124. The lowest BCUT2D eigenvalue weighted by atomic mass is 9.92. The molecule has 2 atom stereocenters. The van der Waals surface area contributed by atoms with Crippen LogP contribution in [0.15, 0.2) is 18.2 Å². The van der Waals surface area contributed by atoms with Crippen molar-refractivity contribution in [2.24, 2.45) is 0 Å². The average Bonchev–Trinajstić information content (AvgIpc) is 2.39. The molecule has 2 unspecified atom stereocenters. The normalized spacial score (nSPS) is 20.2. The van der Waals surface area contributed by atoms with Gasteiger partial charge >= 0.3 is 0 Å². The van der Waals surface area contributed by atoms with Gasteiger partial charge in [0, 0.05) is 12.1 Å².